The van der Waals surface area contributed by atoms with Crippen molar-refractivity contribution in [1.29, 1.82) is 0 Å². The number of carbonyl (C=O) groups excluding carboxylic acids is 1. The van der Waals surface area contributed by atoms with Crippen molar-refractivity contribution in [3.8, 4) is 33.2 Å². The third-order valence-corrected chi connectivity index (χ3v) is 9.14. The number of fused-ring (bicyclic) bond motifs is 2. The first kappa shape index (κ1) is 26.6. The van der Waals surface area contributed by atoms with Gasteiger partial charge in [-0.05, 0) is 31.2 Å². The smallest absolute Gasteiger partial charge is 0.255 e. The molecule has 1 N–H and O–H groups in total. The first-order valence-corrected chi connectivity index (χ1v) is 15.3. The van der Waals surface area contributed by atoms with Gasteiger partial charge in [-0.25, -0.2) is 13.4 Å². The molecule has 0 aliphatic heterocycles. The lowest BCUT2D eigenvalue weighted by molar-refractivity contribution is 0.0964. The lowest BCUT2D eigenvalue weighted by Gasteiger charge is -2.20. The van der Waals surface area contributed by atoms with Crippen LogP contribution in [-0.4, -0.2) is 49.9 Å². The van der Waals surface area contributed by atoms with Crippen molar-refractivity contribution < 1.29 is 17.6 Å². The van der Waals surface area contributed by atoms with Gasteiger partial charge in [-0.3, -0.25) is 9.10 Å². The van der Waals surface area contributed by atoms with E-state index in [0.717, 1.165) is 27.6 Å². The van der Waals surface area contributed by atoms with Crippen molar-refractivity contribution in [1.82, 2.24) is 20.5 Å². The molecule has 0 aliphatic carbocycles. The highest BCUT2D eigenvalue weighted by atomic mass is 32.2. The molecule has 0 atom stereocenters. The standard InChI is InChI=1S/C30H25N5O4S2/c1-17-9-11-18(12-10-17)28-27(29(36)31-2)21-14-20(24(15-25(21)39-28)35(3)41(4,37)38)19-13-23(34-32-16-19)30-33-22-7-5-6-8-26(22)40-30/h5-16H,1-4H3,(H,31,36). The van der Waals surface area contributed by atoms with Gasteiger partial charge in [-0.2, -0.15) is 5.10 Å². The molecular formula is C30H25N5O4S2. The second-order valence-corrected chi connectivity index (χ2v) is 12.7. The Morgan fingerprint density at radius 2 is 1.78 bits per heavy atom. The van der Waals surface area contributed by atoms with Crippen LogP contribution in [0.25, 0.3) is 54.3 Å². The van der Waals surface area contributed by atoms with E-state index in [1.54, 1.807) is 25.4 Å². The van der Waals surface area contributed by atoms with E-state index in [1.807, 2.05) is 61.5 Å². The van der Waals surface area contributed by atoms with Gasteiger partial charge >= 0.3 is 0 Å². The zero-order valence-electron chi connectivity index (χ0n) is 22.7. The molecule has 9 nitrogen and oxygen atoms in total. The molecule has 0 aliphatic rings. The SMILES string of the molecule is CNC(=O)c1c(-c2ccc(C)cc2)oc2cc(N(C)S(C)(=O)=O)c(-c3cnnc(-c4nc5ccccc5s4)c3)cc12. The average Bonchev–Trinajstić information content (AvgIpc) is 3.57. The van der Waals surface area contributed by atoms with Gasteiger partial charge in [0.2, 0.25) is 10.0 Å². The van der Waals surface area contributed by atoms with E-state index in [-0.39, 0.29) is 5.91 Å². The van der Waals surface area contributed by atoms with E-state index in [0.29, 0.717) is 49.8 Å². The molecule has 206 valence electrons. The Labute approximate surface area is 240 Å². The average molecular weight is 584 g/mol. The first-order chi connectivity index (χ1) is 19.6. The maximum Gasteiger partial charge on any atom is 0.255 e. The number of thiazole rings is 1. The van der Waals surface area contributed by atoms with Crippen molar-refractivity contribution in [3.05, 3.63) is 84.1 Å². The van der Waals surface area contributed by atoms with E-state index in [4.69, 9.17) is 9.40 Å². The molecule has 41 heavy (non-hydrogen) atoms. The Bertz CT molecular complexity index is 2030. The number of amides is 1. The summed E-state index contributed by atoms with van der Waals surface area (Å²) in [5.74, 6) is 0.0741. The number of rotatable bonds is 6. The Hall–Kier alpha value is -4.61. The van der Waals surface area contributed by atoms with Gasteiger partial charge in [-0.15, -0.1) is 16.4 Å². The fourth-order valence-corrected chi connectivity index (χ4v) is 6.09. The number of hydrogen-bond acceptors (Lipinski definition) is 8. The summed E-state index contributed by atoms with van der Waals surface area (Å²) in [4.78, 5) is 17.9. The Kier molecular flexibility index (Phi) is 6.55. The number of furan rings is 1. The molecule has 11 heteroatoms. The maximum absolute atomic E-state index is 13.2. The van der Waals surface area contributed by atoms with Crippen molar-refractivity contribution >= 4 is 54.1 Å². The van der Waals surface area contributed by atoms with Gasteiger partial charge in [0.25, 0.3) is 5.91 Å². The fourth-order valence-electron chi connectivity index (χ4n) is 4.66. The van der Waals surface area contributed by atoms with Crippen LogP contribution >= 0.6 is 11.3 Å². The number of nitrogens with one attached hydrogen (secondary N) is 1. The number of aromatic nitrogens is 3. The number of para-hydroxylation sites is 1. The second kappa shape index (κ2) is 10.1. The molecule has 0 spiro atoms. The number of benzene rings is 3. The molecule has 3 heterocycles. The van der Waals surface area contributed by atoms with E-state index in [1.165, 1.54) is 22.7 Å². The van der Waals surface area contributed by atoms with Crippen LogP contribution in [0.5, 0.6) is 0 Å². The molecule has 0 saturated carbocycles. The van der Waals surface area contributed by atoms with E-state index >= 15 is 0 Å². The summed E-state index contributed by atoms with van der Waals surface area (Å²) < 4.78 is 33.9. The third kappa shape index (κ3) is 4.83. The molecule has 6 rings (SSSR count). The van der Waals surface area contributed by atoms with Crippen molar-refractivity contribution in [2.75, 3.05) is 24.7 Å². The Morgan fingerprint density at radius 3 is 2.49 bits per heavy atom. The Morgan fingerprint density at radius 1 is 1.02 bits per heavy atom. The van der Waals surface area contributed by atoms with Gasteiger partial charge in [-0.1, -0.05) is 42.0 Å². The quantitative estimate of drug-likeness (QED) is 0.259. The molecule has 0 saturated heterocycles. The van der Waals surface area contributed by atoms with Crippen molar-refractivity contribution in [2.45, 2.75) is 6.92 Å². The highest BCUT2D eigenvalue weighted by Crippen LogP contribution is 2.42. The summed E-state index contributed by atoms with van der Waals surface area (Å²) in [6.45, 7) is 1.98. The molecule has 1 amide bonds. The van der Waals surface area contributed by atoms with Gasteiger partial charge in [0, 0.05) is 42.2 Å². The summed E-state index contributed by atoms with van der Waals surface area (Å²) in [6, 6.07) is 20.7. The number of hydrogen-bond donors (Lipinski definition) is 1. The Balaban J connectivity index is 1.61. The summed E-state index contributed by atoms with van der Waals surface area (Å²) >= 11 is 1.49. The molecule has 0 unspecified atom stereocenters. The van der Waals surface area contributed by atoms with E-state index < -0.39 is 10.0 Å². The molecular weight excluding hydrogens is 558 g/mol. The highest BCUT2D eigenvalue weighted by Gasteiger charge is 2.26. The van der Waals surface area contributed by atoms with Gasteiger partial charge in [0.15, 0.2) is 0 Å². The molecule has 0 fully saturated rings. The maximum atomic E-state index is 13.2. The van der Waals surface area contributed by atoms with Crippen molar-refractivity contribution in [3.63, 3.8) is 0 Å². The van der Waals surface area contributed by atoms with E-state index in [2.05, 4.69) is 15.5 Å². The summed E-state index contributed by atoms with van der Waals surface area (Å²) in [5.41, 5.74) is 5.47. The second-order valence-electron chi connectivity index (χ2n) is 9.66. The van der Waals surface area contributed by atoms with Gasteiger partial charge in [0.05, 0.1) is 33.9 Å². The number of nitrogens with zero attached hydrogens (tertiary/aromatic N) is 4. The minimum atomic E-state index is -3.65. The number of anilines is 1. The predicted octanol–water partition coefficient (Wildman–Crippen LogP) is 5.90. The minimum Gasteiger partial charge on any atom is -0.455 e. The monoisotopic (exact) mass is 583 g/mol. The molecule has 0 bridgehead atoms. The van der Waals surface area contributed by atoms with Gasteiger partial charge in [0.1, 0.15) is 22.0 Å². The number of carbonyl (C=O) groups is 1. The molecule has 3 aromatic heterocycles. The fraction of sp³-hybridized carbons (Fsp3) is 0.133. The van der Waals surface area contributed by atoms with Crippen LogP contribution in [0.4, 0.5) is 5.69 Å². The summed E-state index contributed by atoms with van der Waals surface area (Å²) in [6.07, 6.45) is 2.70. The van der Waals surface area contributed by atoms with Crippen LogP contribution in [-0.2, 0) is 10.0 Å². The normalized spacial score (nSPS) is 11.7. The summed E-state index contributed by atoms with van der Waals surface area (Å²) in [7, 11) is -0.612. The first-order valence-electron chi connectivity index (χ1n) is 12.7. The molecule has 3 aromatic carbocycles. The molecule has 6 aromatic rings. The summed E-state index contributed by atoms with van der Waals surface area (Å²) in [5, 5.41) is 12.5. The van der Waals surface area contributed by atoms with Crippen LogP contribution < -0.4 is 9.62 Å². The lowest BCUT2D eigenvalue weighted by atomic mass is 9.99. The van der Waals surface area contributed by atoms with Gasteiger partial charge < -0.3 is 9.73 Å². The van der Waals surface area contributed by atoms with Crippen LogP contribution in [0.2, 0.25) is 0 Å². The number of aryl methyl sites for hydroxylation is 1. The topological polar surface area (TPSA) is 118 Å². The number of sulfonamides is 1. The zero-order valence-corrected chi connectivity index (χ0v) is 24.3. The highest BCUT2D eigenvalue weighted by molar-refractivity contribution is 7.92. The van der Waals surface area contributed by atoms with Crippen LogP contribution in [0.1, 0.15) is 15.9 Å². The molecule has 0 radical (unpaired) electrons. The largest absolute Gasteiger partial charge is 0.455 e. The van der Waals surface area contributed by atoms with Crippen molar-refractivity contribution in [2.24, 2.45) is 0 Å². The van der Waals surface area contributed by atoms with Crippen LogP contribution in [0.3, 0.4) is 0 Å². The zero-order chi connectivity index (χ0) is 28.9. The third-order valence-electron chi connectivity index (χ3n) is 6.89. The van der Waals surface area contributed by atoms with Crippen LogP contribution in [0, 0.1) is 6.92 Å². The minimum absolute atomic E-state index is 0.322. The predicted molar refractivity (Wildman–Crippen MR) is 163 cm³/mol. The van der Waals surface area contributed by atoms with E-state index in [9.17, 15) is 13.2 Å². The lowest BCUT2D eigenvalue weighted by Crippen LogP contribution is -2.25. The van der Waals surface area contributed by atoms with Crippen LogP contribution in [0.15, 0.2) is 77.3 Å².